The van der Waals surface area contributed by atoms with Crippen molar-refractivity contribution in [3.8, 4) is 24.3 Å². The van der Waals surface area contributed by atoms with Gasteiger partial charge in [-0.25, -0.2) is 0 Å². The molecular weight excluding hydrogens is 522 g/mol. The topological polar surface area (TPSA) is 171 Å². The highest BCUT2D eigenvalue weighted by molar-refractivity contribution is 6.56. The van der Waals surface area contributed by atoms with E-state index in [4.69, 9.17) is 8.83 Å². The second-order valence-corrected chi connectivity index (χ2v) is 7.44. The zero-order valence-corrected chi connectivity index (χ0v) is 17.8. The van der Waals surface area contributed by atoms with Gasteiger partial charge in [-0.05, 0) is 12.1 Å². The van der Waals surface area contributed by atoms with E-state index in [9.17, 15) is 47.4 Å². The predicted octanol–water partition coefficient (Wildman–Crippen LogP) is 3.23. The molecule has 2 aliphatic rings. The van der Waals surface area contributed by atoms with Crippen LogP contribution in [0.4, 0.5) is 26.3 Å². The molecule has 16 heteroatoms. The lowest BCUT2D eigenvalue weighted by molar-refractivity contribution is -0.152. The Morgan fingerprint density at radius 1 is 0.553 bits per heavy atom. The van der Waals surface area contributed by atoms with Crippen LogP contribution in [0.15, 0.2) is 41.4 Å². The molecule has 0 spiro atoms. The highest BCUT2D eigenvalue weighted by Crippen LogP contribution is 2.36. The lowest BCUT2D eigenvalue weighted by Gasteiger charge is -2.04. The molecule has 4 heterocycles. The van der Waals surface area contributed by atoms with E-state index in [2.05, 4.69) is 20.4 Å². The molecule has 0 aliphatic carbocycles. The summed E-state index contributed by atoms with van der Waals surface area (Å²) >= 11 is 0. The first kappa shape index (κ1) is 24.0. The molecule has 0 unspecified atom stereocenters. The Kier molecular flexibility index (Phi) is 4.97. The first-order chi connectivity index (χ1) is 17.9. The highest BCUT2D eigenvalue weighted by Gasteiger charge is 2.39. The van der Waals surface area contributed by atoms with Crippen molar-refractivity contribution in [2.45, 2.75) is 12.4 Å². The third kappa shape index (κ3) is 3.33. The molecule has 10 nitrogen and oxygen atoms in total. The summed E-state index contributed by atoms with van der Waals surface area (Å²) in [6.07, 6.45) is -10.2. The van der Waals surface area contributed by atoms with Crippen LogP contribution in [-0.2, 0) is 12.4 Å². The van der Waals surface area contributed by atoms with Crippen LogP contribution in [0, 0.1) is 45.3 Å². The zero-order valence-electron chi connectivity index (χ0n) is 17.8. The molecule has 0 radical (unpaired) electrons. The van der Waals surface area contributed by atoms with E-state index in [1.54, 1.807) is 24.3 Å². The van der Waals surface area contributed by atoms with Gasteiger partial charge in [0.25, 0.3) is 0 Å². The van der Waals surface area contributed by atoms with Crippen molar-refractivity contribution < 1.29 is 35.2 Å². The lowest BCUT2D eigenvalue weighted by Crippen LogP contribution is -2.24. The molecule has 0 saturated carbocycles. The maximum Gasteiger partial charge on any atom is 0.449 e. The Hall–Kier alpha value is -5.74. The molecule has 2 aromatic heterocycles. The van der Waals surface area contributed by atoms with Crippen LogP contribution in [0.2, 0.25) is 0 Å². The summed E-state index contributed by atoms with van der Waals surface area (Å²) in [6.45, 7) is 0. The Morgan fingerprint density at radius 2 is 0.842 bits per heavy atom. The van der Waals surface area contributed by atoms with Crippen LogP contribution >= 0.6 is 0 Å². The lowest BCUT2D eigenvalue weighted by atomic mass is 9.95. The number of rotatable bonds is 0. The largest absolute Gasteiger partial charge is 0.451 e. The van der Waals surface area contributed by atoms with E-state index in [1.807, 2.05) is 0 Å². The van der Waals surface area contributed by atoms with E-state index >= 15 is 0 Å². The molecule has 0 bridgehead atoms. The van der Waals surface area contributed by atoms with Gasteiger partial charge in [0.1, 0.15) is 35.4 Å². The Morgan fingerprint density at radius 3 is 1.08 bits per heavy atom. The zero-order chi connectivity index (χ0) is 27.6. The quantitative estimate of drug-likeness (QED) is 0.409. The van der Waals surface area contributed by atoms with E-state index in [0.29, 0.717) is 12.1 Å². The number of nitriles is 4. The fourth-order valence-electron chi connectivity index (χ4n) is 3.96. The summed E-state index contributed by atoms with van der Waals surface area (Å²) in [7, 11) is 0. The van der Waals surface area contributed by atoms with Gasteiger partial charge in [-0.2, -0.15) is 47.4 Å². The maximum atomic E-state index is 13.7. The number of hydrogen-bond donors (Lipinski definition) is 0. The van der Waals surface area contributed by atoms with Crippen molar-refractivity contribution in [3.63, 3.8) is 0 Å². The van der Waals surface area contributed by atoms with Crippen LogP contribution in [0.5, 0.6) is 0 Å². The molecule has 0 fully saturated rings. The van der Waals surface area contributed by atoms with Crippen molar-refractivity contribution in [1.29, 1.82) is 21.0 Å². The molecule has 1 aromatic carbocycles. The van der Waals surface area contributed by atoms with Crippen molar-refractivity contribution in [2.75, 3.05) is 0 Å². The molecule has 2 aliphatic heterocycles. The van der Waals surface area contributed by atoms with Gasteiger partial charge in [-0.15, -0.1) is 20.4 Å². The average Bonchev–Trinajstić information content (AvgIpc) is 3.64. The average molecular weight is 524 g/mol. The number of furan rings is 2. The number of hydrogen-bond acceptors (Lipinski definition) is 10. The molecule has 184 valence electrons. The van der Waals surface area contributed by atoms with Crippen LogP contribution in [-0.4, -0.2) is 22.8 Å². The monoisotopic (exact) mass is 524 g/mol. The van der Waals surface area contributed by atoms with Gasteiger partial charge < -0.3 is 8.83 Å². The van der Waals surface area contributed by atoms with Gasteiger partial charge in [0, 0.05) is 21.2 Å². The number of halogens is 6. The van der Waals surface area contributed by atoms with Crippen LogP contribution in [0.25, 0.3) is 33.1 Å². The summed E-state index contributed by atoms with van der Waals surface area (Å²) in [4.78, 5) is 0. The van der Waals surface area contributed by atoms with Gasteiger partial charge in [-0.3, -0.25) is 0 Å². The molecule has 0 N–H and O–H groups in total. The molecule has 0 amide bonds. The molecule has 0 saturated heterocycles. The number of fused-ring (bicyclic) bond motifs is 2. The minimum atomic E-state index is -5.11. The summed E-state index contributed by atoms with van der Waals surface area (Å²) in [5.74, 6) is -3.24. The van der Waals surface area contributed by atoms with Crippen molar-refractivity contribution in [3.05, 3.63) is 34.1 Å². The van der Waals surface area contributed by atoms with E-state index < -0.39 is 90.2 Å². The minimum Gasteiger partial charge on any atom is -0.451 e. The fraction of sp³-hybridized carbons (Fsp3) is 0.0909. The van der Waals surface area contributed by atoms with Crippen LogP contribution in [0.1, 0.15) is 11.5 Å². The van der Waals surface area contributed by atoms with Gasteiger partial charge in [0.05, 0.1) is 11.1 Å². The molecule has 5 rings (SSSR count). The highest BCUT2D eigenvalue weighted by atomic mass is 19.4. The minimum absolute atomic E-state index is 0.417. The SMILES string of the molecule is N#CC1=NN=C(C#N)C1=c1c2cc(C(F)(F)F)oc2c(=C2C(C#N)=NN=C2C#N)c2cc(C(F)(F)F)oc12. The maximum absolute atomic E-state index is 13.7. The normalized spacial score (nSPS) is 15.5. The third-order valence-corrected chi connectivity index (χ3v) is 5.39. The van der Waals surface area contributed by atoms with Crippen molar-refractivity contribution in [2.24, 2.45) is 20.4 Å². The standard InChI is InChI=1S/C22H2F6N8O2/c23-21(24,25)13-1-7-15(17-9(3-29)33-34-10(17)4-30)20-8(2-14(38-20)22(26,27)28)16(19(7)37-13)18-11(5-31)35-36-12(18)6-32/h1-2H. The second-order valence-electron chi connectivity index (χ2n) is 7.44. The molecule has 0 atom stereocenters. The first-order valence-electron chi connectivity index (χ1n) is 9.79. The number of alkyl halides is 6. The van der Waals surface area contributed by atoms with Crippen molar-refractivity contribution >= 4 is 55.9 Å². The summed E-state index contributed by atoms with van der Waals surface area (Å²) < 4.78 is 92.5. The summed E-state index contributed by atoms with van der Waals surface area (Å²) in [5, 5.41) is 49.5. The Labute approximate surface area is 203 Å². The van der Waals surface area contributed by atoms with Gasteiger partial charge in [-0.1, -0.05) is 0 Å². The smallest absolute Gasteiger partial charge is 0.449 e. The first-order valence-corrected chi connectivity index (χ1v) is 9.79. The summed E-state index contributed by atoms with van der Waals surface area (Å²) in [6, 6.07) is 7.17. The molecule has 3 aromatic rings. The molecular formula is C22H2F6N8O2. The van der Waals surface area contributed by atoms with Crippen LogP contribution in [0.3, 0.4) is 0 Å². The van der Waals surface area contributed by atoms with E-state index in [0.717, 1.165) is 0 Å². The van der Waals surface area contributed by atoms with Gasteiger partial charge in [0.15, 0.2) is 22.8 Å². The van der Waals surface area contributed by atoms with Gasteiger partial charge in [0.2, 0.25) is 11.5 Å². The number of benzene rings is 1. The van der Waals surface area contributed by atoms with Crippen molar-refractivity contribution in [1.82, 2.24) is 0 Å². The van der Waals surface area contributed by atoms with Crippen LogP contribution < -0.4 is 10.4 Å². The number of nitrogens with zero attached hydrogens (tertiary/aromatic N) is 8. The molecule has 38 heavy (non-hydrogen) atoms. The van der Waals surface area contributed by atoms with E-state index in [1.165, 1.54) is 0 Å². The summed E-state index contributed by atoms with van der Waals surface area (Å²) in [5.41, 5.74) is -4.88. The van der Waals surface area contributed by atoms with E-state index in [-0.39, 0.29) is 0 Å². The fourth-order valence-corrected chi connectivity index (χ4v) is 3.96. The van der Waals surface area contributed by atoms with Gasteiger partial charge >= 0.3 is 12.4 Å². The second kappa shape index (κ2) is 7.88. The predicted molar refractivity (Wildman–Crippen MR) is 114 cm³/mol. The third-order valence-electron chi connectivity index (χ3n) is 5.39. The Balaban J connectivity index is 2.22. The Bertz CT molecular complexity index is 1770.